The zero-order valence-corrected chi connectivity index (χ0v) is 14.9. The Balaban J connectivity index is 2.07. The fourth-order valence-corrected chi connectivity index (χ4v) is 2.11. The molecule has 8 heteroatoms. The number of halogens is 3. The smallest absolute Gasteiger partial charge is 0.433 e. The van der Waals surface area contributed by atoms with Crippen LogP contribution < -0.4 is 5.32 Å². The Morgan fingerprint density at radius 1 is 1.08 bits per heavy atom. The molecule has 0 aliphatic rings. The van der Waals surface area contributed by atoms with Gasteiger partial charge in [-0.25, -0.2) is 4.79 Å². The lowest BCUT2D eigenvalue weighted by molar-refractivity contribution is -0.141. The Hall–Kier alpha value is -2.64. The van der Waals surface area contributed by atoms with Gasteiger partial charge in [0, 0.05) is 18.0 Å². The molecule has 2 rings (SSSR count). The highest BCUT2D eigenvalue weighted by molar-refractivity contribution is 5.68. The molecule has 0 aromatic carbocycles. The van der Waals surface area contributed by atoms with E-state index in [1.807, 2.05) is 0 Å². The average molecular weight is 367 g/mol. The maximum absolute atomic E-state index is 12.5. The molecule has 0 aliphatic heterocycles. The number of aromatic nitrogens is 2. The molecule has 0 unspecified atom stereocenters. The lowest BCUT2D eigenvalue weighted by Gasteiger charge is -2.22. The van der Waals surface area contributed by atoms with Gasteiger partial charge in [0.05, 0.1) is 11.7 Å². The summed E-state index contributed by atoms with van der Waals surface area (Å²) in [6.45, 7) is 7.09. The van der Waals surface area contributed by atoms with Gasteiger partial charge in [0.2, 0.25) is 0 Å². The van der Waals surface area contributed by atoms with E-state index in [0.717, 1.165) is 17.8 Å². The minimum Gasteiger partial charge on any atom is -0.444 e. The fraction of sp³-hybridized carbons (Fsp3) is 0.389. The molecule has 0 saturated heterocycles. The summed E-state index contributed by atoms with van der Waals surface area (Å²) in [5.74, 6) is 0. The van der Waals surface area contributed by atoms with E-state index in [1.54, 1.807) is 46.0 Å². The summed E-state index contributed by atoms with van der Waals surface area (Å²) < 4.78 is 42.8. The van der Waals surface area contributed by atoms with E-state index in [2.05, 4.69) is 15.3 Å². The second-order valence-electron chi connectivity index (χ2n) is 6.77. The minimum atomic E-state index is -4.47. The van der Waals surface area contributed by atoms with E-state index in [0.29, 0.717) is 11.3 Å². The molecule has 2 aromatic heterocycles. The SMILES string of the molecule is C[C@H](NC(=O)OC(C)(C)C)c1ccc(-c2ccc(C(F)(F)F)nc2)nc1. The van der Waals surface area contributed by atoms with Crippen LogP contribution in [0.4, 0.5) is 18.0 Å². The highest BCUT2D eigenvalue weighted by Gasteiger charge is 2.32. The van der Waals surface area contributed by atoms with Gasteiger partial charge in [0.15, 0.2) is 0 Å². The van der Waals surface area contributed by atoms with Gasteiger partial charge in [-0.3, -0.25) is 9.97 Å². The maximum Gasteiger partial charge on any atom is 0.433 e. The van der Waals surface area contributed by atoms with Crippen molar-refractivity contribution in [3.63, 3.8) is 0 Å². The normalized spacial score (nSPS) is 13.2. The summed E-state index contributed by atoms with van der Waals surface area (Å²) in [7, 11) is 0. The standard InChI is InChI=1S/C18H20F3N3O2/c1-11(24-16(25)26-17(2,3)4)12-5-7-14(22-9-12)13-6-8-15(23-10-13)18(19,20)21/h5-11H,1-4H3,(H,24,25)/t11-/m0/s1. The van der Waals surface area contributed by atoms with Gasteiger partial charge in [0.1, 0.15) is 11.3 Å². The first-order valence-electron chi connectivity index (χ1n) is 7.95. The summed E-state index contributed by atoms with van der Waals surface area (Å²) in [5, 5.41) is 2.70. The quantitative estimate of drug-likeness (QED) is 0.850. The minimum absolute atomic E-state index is 0.336. The second-order valence-corrected chi connectivity index (χ2v) is 6.77. The first-order chi connectivity index (χ1) is 12.0. The van der Waals surface area contributed by atoms with Crippen molar-refractivity contribution in [2.45, 2.75) is 45.5 Å². The van der Waals surface area contributed by atoms with Crippen molar-refractivity contribution in [2.75, 3.05) is 0 Å². The van der Waals surface area contributed by atoms with Gasteiger partial charge >= 0.3 is 12.3 Å². The number of carbonyl (C=O) groups is 1. The number of alkyl halides is 3. The first-order valence-corrected chi connectivity index (χ1v) is 7.95. The molecule has 26 heavy (non-hydrogen) atoms. The molecule has 2 heterocycles. The number of nitrogens with one attached hydrogen (secondary N) is 1. The molecule has 1 N–H and O–H groups in total. The van der Waals surface area contributed by atoms with E-state index >= 15 is 0 Å². The second kappa shape index (κ2) is 7.31. The Kier molecular flexibility index (Phi) is 5.53. The number of nitrogens with zero attached hydrogens (tertiary/aromatic N) is 2. The number of hydrogen-bond acceptors (Lipinski definition) is 4. The van der Waals surface area contributed by atoms with Crippen LogP contribution in [0.25, 0.3) is 11.3 Å². The summed E-state index contributed by atoms with van der Waals surface area (Å²) >= 11 is 0. The summed E-state index contributed by atoms with van der Waals surface area (Å²) in [4.78, 5) is 19.4. The molecule has 2 aromatic rings. The van der Waals surface area contributed by atoms with Crippen LogP contribution >= 0.6 is 0 Å². The van der Waals surface area contributed by atoms with Crippen molar-refractivity contribution >= 4 is 6.09 Å². The number of pyridine rings is 2. The third-order valence-corrected chi connectivity index (χ3v) is 3.37. The van der Waals surface area contributed by atoms with Crippen LogP contribution in [0.2, 0.25) is 0 Å². The third kappa shape index (κ3) is 5.44. The van der Waals surface area contributed by atoms with Crippen molar-refractivity contribution < 1.29 is 22.7 Å². The predicted octanol–water partition coefficient (Wildman–Crippen LogP) is 4.75. The number of alkyl carbamates (subject to hydrolysis) is 1. The Bertz CT molecular complexity index is 751. The molecule has 0 bridgehead atoms. The van der Waals surface area contributed by atoms with Crippen LogP contribution in [0.1, 0.15) is 45.0 Å². The van der Waals surface area contributed by atoms with Gasteiger partial charge in [-0.15, -0.1) is 0 Å². The van der Waals surface area contributed by atoms with Crippen molar-refractivity contribution in [3.05, 3.63) is 47.9 Å². The fourth-order valence-electron chi connectivity index (χ4n) is 2.11. The molecular weight excluding hydrogens is 347 g/mol. The molecular formula is C18H20F3N3O2. The number of hydrogen-bond donors (Lipinski definition) is 1. The highest BCUT2D eigenvalue weighted by atomic mass is 19.4. The Morgan fingerprint density at radius 2 is 1.77 bits per heavy atom. The van der Waals surface area contributed by atoms with Crippen LogP contribution in [-0.2, 0) is 10.9 Å². The van der Waals surface area contributed by atoms with Crippen LogP contribution in [0, 0.1) is 0 Å². The van der Waals surface area contributed by atoms with Crippen molar-refractivity contribution in [2.24, 2.45) is 0 Å². The largest absolute Gasteiger partial charge is 0.444 e. The lowest BCUT2D eigenvalue weighted by Crippen LogP contribution is -2.34. The molecule has 5 nitrogen and oxygen atoms in total. The van der Waals surface area contributed by atoms with Gasteiger partial charge in [0.25, 0.3) is 0 Å². The van der Waals surface area contributed by atoms with Crippen LogP contribution in [0.5, 0.6) is 0 Å². The van der Waals surface area contributed by atoms with Crippen LogP contribution in [0.15, 0.2) is 36.7 Å². The van der Waals surface area contributed by atoms with E-state index in [-0.39, 0.29) is 6.04 Å². The predicted molar refractivity (Wildman–Crippen MR) is 90.3 cm³/mol. The molecule has 140 valence electrons. The molecule has 1 amide bonds. The van der Waals surface area contributed by atoms with Crippen molar-refractivity contribution in [1.29, 1.82) is 0 Å². The van der Waals surface area contributed by atoms with E-state index in [4.69, 9.17) is 4.74 Å². The van der Waals surface area contributed by atoms with Gasteiger partial charge in [-0.2, -0.15) is 13.2 Å². The molecule has 1 atom stereocenters. The lowest BCUT2D eigenvalue weighted by atomic mass is 10.1. The number of ether oxygens (including phenoxy) is 1. The first kappa shape index (κ1) is 19.7. The molecule has 0 saturated carbocycles. The number of carbonyl (C=O) groups excluding carboxylic acids is 1. The molecule has 0 aliphatic carbocycles. The zero-order valence-electron chi connectivity index (χ0n) is 14.9. The maximum atomic E-state index is 12.5. The van der Waals surface area contributed by atoms with Gasteiger partial charge < -0.3 is 10.1 Å². The van der Waals surface area contributed by atoms with E-state index in [9.17, 15) is 18.0 Å². The zero-order chi connectivity index (χ0) is 19.5. The summed E-state index contributed by atoms with van der Waals surface area (Å²) in [5.41, 5.74) is 0.144. The molecule has 0 fully saturated rings. The van der Waals surface area contributed by atoms with Gasteiger partial charge in [-0.1, -0.05) is 6.07 Å². The van der Waals surface area contributed by atoms with Crippen LogP contribution in [-0.4, -0.2) is 21.7 Å². The topological polar surface area (TPSA) is 64.1 Å². The molecule has 0 spiro atoms. The Labute approximate surface area is 149 Å². The van der Waals surface area contributed by atoms with Crippen molar-refractivity contribution in [1.82, 2.24) is 15.3 Å². The summed E-state index contributed by atoms with van der Waals surface area (Å²) in [6.07, 6.45) is -2.33. The van der Waals surface area contributed by atoms with Crippen molar-refractivity contribution in [3.8, 4) is 11.3 Å². The van der Waals surface area contributed by atoms with E-state index < -0.39 is 23.6 Å². The number of amides is 1. The third-order valence-electron chi connectivity index (χ3n) is 3.37. The van der Waals surface area contributed by atoms with Gasteiger partial charge in [-0.05, 0) is 51.5 Å². The average Bonchev–Trinajstić information content (AvgIpc) is 2.52. The molecule has 0 radical (unpaired) electrons. The monoisotopic (exact) mass is 367 g/mol. The Morgan fingerprint density at radius 3 is 2.23 bits per heavy atom. The van der Waals surface area contributed by atoms with Crippen LogP contribution in [0.3, 0.4) is 0 Å². The van der Waals surface area contributed by atoms with E-state index in [1.165, 1.54) is 6.07 Å². The number of rotatable bonds is 3. The summed E-state index contributed by atoms with van der Waals surface area (Å²) in [6, 6.07) is 5.30. The highest BCUT2D eigenvalue weighted by Crippen LogP contribution is 2.28.